The van der Waals surface area contributed by atoms with E-state index in [1.807, 2.05) is 48.5 Å². The Hall–Kier alpha value is -2.99. The number of hydrogen-bond donors (Lipinski definition) is 1. The molecular formula is C19H16N4OS. The summed E-state index contributed by atoms with van der Waals surface area (Å²) in [5.74, 6) is 0.418. The molecule has 0 saturated heterocycles. The molecule has 1 N–H and O–H groups in total. The van der Waals surface area contributed by atoms with Crippen LogP contribution >= 0.6 is 12.2 Å². The monoisotopic (exact) mass is 348 g/mol. The average Bonchev–Trinajstić information content (AvgIpc) is 3.02. The summed E-state index contributed by atoms with van der Waals surface area (Å²) in [6.07, 6.45) is 0. The number of aryl methyl sites for hydroxylation is 1. The number of para-hydroxylation sites is 1. The third-order valence-corrected chi connectivity index (χ3v) is 4.20. The minimum absolute atomic E-state index is 0.310. The van der Waals surface area contributed by atoms with Gasteiger partial charge in [-0.1, -0.05) is 42.0 Å². The topological polar surface area (TPSA) is 55.9 Å². The van der Waals surface area contributed by atoms with Gasteiger partial charge in [0.1, 0.15) is 12.4 Å². The molecule has 0 aliphatic rings. The first kappa shape index (κ1) is 15.5. The van der Waals surface area contributed by atoms with Gasteiger partial charge < -0.3 is 9.73 Å². The van der Waals surface area contributed by atoms with Gasteiger partial charge >= 0.3 is 0 Å². The minimum atomic E-state index is 0.310. The van der Waals surface area contributed by atoms with Crippen molar-refractivity contribution < 1.29 is 4.42 Å². The van der Waals surface area contributed by atoms with Crippen molar-refractivity contribution in [1.29, 1.82) is 0 Å². The Morgan fingerprint density at radius 2 is 1.84 bits per heavy atom. The van der Waals surface area contributed by atoms with Gasteiger partial charge in [-0.25, -0.2) is 9.67 Å². The van der Waals surface area contributed by atoms with Gasteiger partial charge in [-0.2, -0.15) is 0 Å². The van der Waals surface area contributed by atoms with Crippen molar-refractivity contribution in [3.05, 3.63) is 71.1 Å². The van der Waals surface area contributed by atoms with Crippen molar-refractivity contribution in [3.63, 3.8) is 0 Å². The maximum Gasteiger partial charge on any atom is 0.289 e. The molecule has 2 aromatic heterocycles. The van der Waals surface area contributed by atoms with Crippen molar-refractivity contribution >= 4 is 28.8 Å². The predicted molar refractivity (Wildman–Crippen MR) is 101 cm³/mol. The summed E-state index contributed by atoms with van der Waals surface area (Å²) in [6.45, 7) is 2.49. The molecule has 2 aromatic carbocycles. The molecule has 0 atom stereocenters. The SMILES string of the molecule is Cc1ccc(NCn2nc(-c3ccc4ccccc4n3)oc2=S)cc1. The number of rotatable bonds is 4. The summed E-state index contributed by atoms with van der Waals surface area (Å²) in [4.78, 5) is 4.90. The largest absolute Gasteiger partial charge is 0.408 e. The van der Waals surface area contributed by atoms with E-state index < -0.39 is 0 Å². The van der Waals surface area contributed by atoms with Crippen molar-refractivity contribution in [2.24, 2.45) is 0 Å². The molecule has 4 aromatic rings. The number of anilines is 1. The van der Waals surface area contributed by atoms with Crippen LogP contribution in [0.4, 0.5) is 5.69 Å². The van der Waals surface area contributed by atoms with E-state index in [1.165, 1.54) is 5.56 Å². The van der Waals surface area contributed by atoms with Gasteiger partial charge in [0.2, 0.25) is 0 Å². The summed E-state index contributed by atoms with van der Waals surface area (Å²) in [7, 11) is 0. The van der Waals surface area contributed by atoms with E-state index in [0.29, 0.717) is 23.1 Å². The first-order valence-corrected chi connectivity index (χ1v) is 8.34. The third kappa shape index (κ3) is 3.29. The number of aromatic nitrogens is 3. The Kier molecular flexibility index (Phi) is 4.03. The van der Waals surface area contributed by atoms with E-state index in [9.17, 15) is 0 Å². The lowest BCUT2D eigenvalue weighted by molar-refractivity contribution is 0.521. The summed E-state index contributed by atoms with van der Waals surface area (Å²) in [5, 5.41) is 8.79. The fraction of sp³-hybridized carbons (Fsp3) is 0.105. The Bertz CT molecular complexity index is 1080. The van der Waals surface area contributed by atoms with Gasteiger partial charge in [0.15, 0.2) is 0 Å². The maximum absolute atomic E-state index is 5.62. The molecule has 5 nitrogen and oxygen atoms in total. The van der Waals surface area contributed by atoms with Gasteiger partial charge in [0.25, 0.3) is 10.7 Å². The Morgan fingerprint density at radius 3 is 2.68 bits per heavy atom. The van der Waals surface area contributed by atoms with Crippen molar-refractivity contribution in [2.45, 2.75) is 13.6 Å². The second-order valence-corrected chi connectivity index (χ2v) is 6.11. The molecule has 0 amide bonds. The summed E-state index contributed by atoms with van der Waals surface area (Å²) < 4.78 is 7.23. The Balaban J connectivity index is 1.58. The Morgan fingerprint density at radius 1 is 1.04 bits per heavy atom. The molecule has 0 fully saturated rings. The van der Waals surface area contributed by atoms with Crippen LogP contribution in [0.5, 0.6) is 0 Å². The lowest BCUT2D eigenvalue weighted by Crippen LogP contribution is -2.09. The fourth-order valence-electron chi connectivity index (χ4n) is 2.53. The molecule has 0 spiro atoms. The minimum Gasteiger partial charge on any atom is -0.408 e. The summed E-state index contributed by atoms with van der Waals surface area (Å²) >= 11 is 5.27. The van der Waals surface area contributed by atoms with E-state index in [-0.39, 0.29) is 0 Å². The normalized spacial score (nSPS) is 10.9. The van der Waals surface area contributed by atoms with E-state index >= 15 is 0 Å². The zero-order valence-electron chi connectivity index (χ0n) is 13.6. The molecule has 4 rings (SSSR count). The smallest absolute Gasteiger partial charge is 0.289 e. The van der Waals surface area contributed by atoms with Crippen molar-refractivity contribution in [2.75, 3.05) is 5.32 Å². The van der Waals surface area contributed by atoms with Crippen molar-refractivity contribution in [3.8, 4) is 11.6 Å². The van der Waals surface area contributed by atoms with Gasteiger partial charge in [-0.3, -0.25) is 0 Å². The van der Waals surface area contributed by atoms with E-state index in [0.717, 1.165) is 16.6 Å². The summed E-state index contributed by atoms with van der Waals surface area (Å²) in [6, 6.07) is 20.0. The highest BCUT2D eigenvalue weighted by Gasteiger charge is 2.10. The molecule has 0 bridgehead atoms. The molecule has 6 heteroatoms. The van der Waals surface area contributed by atoms with Crippen LogP contribution < -0.4 is 5.32 Å². The number of pyridine rings is 1. The van der Waals surface area contributed by atoms with Crippen LogP contribution in [0.15, 0.2) is 65.1 Å². The molecule has 0 aliphatic carbocycles. The zero-order chi connectivity index (χ0) is 17.2. The van der Waals surface area contributed by atoms with Crippen LogP contribution in [0.3, 0.4) is 0 Å². The number of benzene rings is 2. The lowest BCUT2D eigenvalue weighted by Gasteiger charge is -2.05. The highest BCUT2D eigenvalue weighted by atomic mass is 32.1. The maximum atomic E-state index is 5.62. The van der Waals surface area contributed by atoms with E-state index in [1.54, 1.807) is 4.68 Å². The van der Waals surface area contributed by atoms with Crippen LogP contribution in [-0.4, -0.2) is 14.8 Å². The van der Waals surface area contributed by atoms with Crippen LogP contribution in [-0.2, 0) is 6.67 Å². The highest BCUT2D eigenvalue weighted by molar-refractivity contribution is 7.71. The first-order chi connectivity index (χ1) is 12.2. The van der Waals surface area contributed by atoms with Gasteiger partial charge in [0, 0.05) is 11.1 Å². The van der Waals surface area contributed by atoms with Crippen LogP contribution in [0.1, 0.15) is 5.56 Å². The van der Waals surface area contributed by atoms with E-state index in [4.69, 9.17) is 16.6 Å². The second-order valence-electron chi connectivity index (χ2n) is 5.76. The highest BCUT2D eigenvalue weighted by Crippen LogP contribution is 2.20. The second kappa shape index (κ2) is 6.49. The average molecular weight is 348 g/mol. The standard InChI is InChI=1S/C19H16N4OS/c1-13-6-9-15(10-7-13)20-12-23-19(25)24-18(22-23)17-11-8-14-4-2-3-5-16(14)21-17/h2-11,20H,12H2,1H3. The first-order valence-electron chi connectivity index (χ1n) is 7.94. The summed E-state index contributed by atoms with van der Waals surface area (Å²) in [5.41, 5.74) is 3.78. The molecule has 0 unspecified atom stereocenters. The molecule has 2 heterocycles. The Labute approximate surface area is 149 Å². The quantitative estimate of drug-likeness (QED) is 0.537. The molecule has 25 heavy (non-hydrogen) atoms. The van der Waals surface area contributed by atoms with Gasteiger partial charge in [-0.15, -0.1) is 5.10 Å². The number of hydrogen-bond acceptors (Lipinski definition) is 5. The number of fused-ring (bicyclic) bond motifs is 1. The van der Waals surface area contributed by atoms with E-state index in [2.05, 4.69) is 34.5 Å². The fourth-order valence-corrected chi connectivity index (χ4v) is 2.72. The molecule has 0 saturated carbocycles. The number of nitrogens with zero attached hydrogens (tertiary/aromatic N) is 3. The molecule has 124 valence electrons. The van der Waals surface area contributed by atoms with Crippen LogP contribution in [0, 0.1) is 11.8 Å². The van der Waals surface area contributed by atoms with Gasteiger partial charge in [0.05, 0.1) is 5.52 Å². The van der Waals surface area contributed by atoms with Crippen LogP contribution in [0.2, 0.25) is 0 Å². The zero-order valence-corrected chi connectivity index (χ0v) is 14.5. The molecular weight excluding hydrogens is 332 g/mol. The number of nitrogens with one attached hydrogen (secondary N) is 1. The third-order valence-electron chi connectivity index (χ3n) is 3.91. The molecule has 0 aliphatic heterocycles. The molecule has 0 radical (unpaired) electrons. The van der Waals surface area contributed by atoms with Crippen LogP contribution in [0.25, 0.3) is 22.5 Å². The van der Waals surface area contributed by atoms with Crippen molar-refractivity contribution in [1.82, 2.24) is 14.8 Å². The van der Waals surface area contributed by atoms with Gasteiger partial charge in [-0.05, 0) is 43.4 Å². The lowest BCUT2D eigenvalue weighted by atomic mass is 10.2. The predicted octanol–water partition coefficient (Wildman–Crippen LogP) is 4.80.